The second-order valence-electron chi connectivity index (χ2n) is 6.25. The van der Waals surface area contributed by atoms with Crippen LogP contribution in [0, 0.1) is 0 Å². The molecule has 6 heteroatoms. The van der Waals surface area contributed by atoms with Crippen LogP contribution < -0.4 is 14.3 Å². The predicted octanol–water partition coefficient (Wildman–Crippen LogP) is 4.63. The number of rotatable bonds is 4. The summed E-state index contributed by atoms with van der Waals surface area (Å²) < 4.78 is 13.8. The number of methoxy groups -OCH3 is 2. The van der Waals surface area contributed by atoms with Crippen LogP contribution in [0.3, 0.4) is 0 Å². The van der Waals surface area contributed by atoms with Gasteiger partial charge in [-0.15, -0.1) is 0 Å². The molecule has 0 spiro atoms. The first-order valence-corrected chi connectivity index (χ1v) is 9.80. The Labute approximate surface area is 166 Å². The van der Waals surface area contributed by atoms with Crippen molar-refractivity contribution in [3.63, 3.8) is 0 Å². The van der Waals surface area contributed by atoms with Gasteiger partial charge < -0.3 is 14.0 Å². The van der Waals surface area contributed by atoms with Crippen LogP contribution in [0.15, 0.2) is 59.6 Å². The van der Waals surface area contributed by atoms with Crippen molar-refractivity contribution in [1.29, 1.82) is 0 Å². The van der Waals surface area contributed by atoms with Gasteiger partial charge in [0, 0.05) is 18.0 Å². The summed E-state index contributed by atoms with van der Waals surface area (Å²) in [4.78, 5) is 18.0. The molecule has 0 bridgehead atoms. The van der Waals surface area contributed by atoms with Gasteiger partial charge in [0.1, 0.15) is 11.5 Å². The maximum atomic E-state index is 12.9. The molecule has 0 saturated heterocycles. The Hall–Kier alpha value is -3.12. The van der Waals surface area contributed by atoms with Crippen molar-refractivity contribution >= 4 is 38.2 Å². The van der Waals surface area contributed by atoms with Crippen LogP contribution in [0.25, 0.3) is 21.0 Å². The molecule has 0 unspecified atom stereocenters. The number of fused-ring (bicyclic) bond motifs is 3. The molecule has 0 atom stereocenters. The normalized spacial score (nSPS) is 11.9. The molecule has 3 aromatic carbocycles. The molecule has 1 aromatic heterocycles. The zero-order valence-electron chi connectivity index (χ0n) is 15.9. The van der Waals surface area contributed by atoms with Crippen molar-refractivity contribution in [2.24, 2.45) is 4.99 Å². The van der Waals surface area contributed by atoms with Gasteiger partial charge in [-0.25, -0.2) is 0 Å². The van der Waals surface area contributed by atoms with Gasteiger partial charge in [0.15, 0.2) is 4.80 Å². The molecule has 5 nitrogen and oxygen atoms in total. The van der Waals surface area contributed by atoms with Gasteiger partial charge in [0.05, 0.1) is 30.0 Å². The SMILES string of the molecule is CCn1c(=NC(=O)c2ccc(OC)cc2OC)sc2c3ccccc3ccc21. The van der Waals surface area contributed by atoms with Crippen LogP contribution in [-0.2, 0) is 6.54 Å². The summed E-state index contributed by atoms with van der Waals surface area (Å²) in [5.41, 5.74) is 1.49. The van der Waals surface area contributed by atoms with Crippen molar-refractivity contribution < 1.29 is 14.3 Å². The monoisotopic (exact) mass is 392 g/mol. The van der Waals surface area contributed by atoms with Crippen molar-refractivity contribution in [1.82, 2.24) is 4.57 Å². The zero-order chi connectivity index (χ0) is 19.7. The lowest BCUT2D eigenvalue weighted by Crippen LogP contribution is -2.16. The van der Waals surface area contributed by atoms with Gasteiger partial charge in [-0.2, -0.15) is 4.99 Å². The minimum atomic E-state index is -0.336. The van der Waals surface area contributed by atoms with Gasteiger partial charge in [-0.05, 0) is 30.5 Å². The molecule has 1 heterocycles. The lowest BCUT2D eigenvalue weighted by molar-refractivity contribution is 0.0995. The second-order valence-corrected chi connectivity index (χ2v) is 7.22. The summed E-state index contributed by atoms with van der Waals surface area (Å²) >= 11 is 1.53. The third-order valence-corrected chi connectivity index (χ3v) is 5.85. The minimum absolute atomic E-state index is 0.336. The third kappa shape index (κ3) is 3.05. The Morgan fingerprint density at radius 1 is 1.07 bits per heavy atom. The first kappa shape index (κ1) is 18.3. The first-order valence-electron chi connectivity index (χ1n) is 8.98. The Morgan fingerprint density at radius 3 is 2.64 bits per heavy atom. The topological polar surface area (TPSA) is 52.8 Å². The largest absolute Gasteiger partial charge is 0.497 e. The molecule has 4 rings (SSSR count). The number of carbonyl (C=O) groups excluding carboxylic acids is 1. The molecule has 0 aliphatic carbocycles. The molecule has 142 valence electrons. The number of ether oxygens (including phenoxy) is 2. The number of benzene rings is 3. The van der Waals surface area contributed by atoms with Crippen molar-refractivity contribution in [3.8, 4) is 11.5 Å². The quantitative estimate of drug-likeness (QED) is 0.509. The number of nitrogens with zero attached hydrogens (tertiary/aromatic N) is 2. The highest BCUT2D eigenvalue weighted by atomic mass is 32.1. The molecular formula is C22H20N2O3S. The second kappa shape index (κ2) is 7.48. The summed E-state index contributed by atoms with van der Waals surface area (Å²) in [5, 5.41) is 2.34. The summed E-state index contributed by atoms with van der Waals surface area (Å²) in [6.07, 6.45) is 0. The maximum Gasteiger partial charge on any atom is 0.283 e. The fourth-order valence-corrected chi connectivity index (χ4v) is 4.54. The maximum absolute atomic E-state index is 12.9. The van der Waals surface area contributed by atoms with E-state index >= 15 is 0 Å². The van der Waals surface area contributed by atoms with Gasteiger partial charge in [0.2, 0.25) is 0 Å². The molecule has 0 radical (unpaired) electrons. The van der Waals surface area contributed by atoms with Crippen LogP contribution in [-0.4, -0.2) is 24.7 Å². The zero-order valence-corrected chi connectivity index (χ0v) is 16.7. The Balaban J connectivity index is 1.90. The van der Waals surface area contributed by atoms with Crippen molar-refractivity contribution in [2.75, 3.05) is 14.2 Å². The van der Waals surface area contributed by atoms with Crippen LogP contribution in [0.1, 0.15) is 17.3 Å². The Bertz CT molecular complexity index is 1250. The highest BCUT2D eigenvalue weighted by Crippen LogP contribution is 2.28. The van der Waals surface area contributed by atoms with Gasteiger partial charge in [-0.1, -0.05) is 41.7 Å². The fraction of sp³-hybridized carbons (Fsp3) is 0.182. The molecule has 4 aromatic rings. The summed E-state index contributed by atoms with van der Waals surface area (Å²) in [7, 11) is 3.11. The number of thiazole rings is 1. The molecule has 28 heavy (non-hydrogen) atoms. The van der Waals surface area contributed by atoms with Crippen LogP contribution in [0.4, 0.5) is 0 Å². The highest BCUT2D eigenvalue weighted by Gasteiger charge is 2.14. The number of hydrogen-bond acceptors (Lipinski definition) is 4. The van der Waals surface area contributed by atoms with Crippen LogP contribution in [0.2, 0.25) is 0 Å². The van der Waals surface area contributed by atoms with Crippen molar-refractivity contribution in [3.05, 3.63) is 65.0 Å². The number of amides is 1. The molecule has 0 aliphatic rings. The summed E-state index contributed by atoms with van der Waals surface area (Å²) in [6.45, 7) is 2.78. The summed E-state index contributed by atoms with van der Waals surface area (Å²) in [5.74, 6) is 0.741. The highest BCUT2D eigenvalue weighted by molar-refractivity contribution is 7.17. The van der Waals surface area contributed by atoms with E-state index in [4.69, 9.17) is 9.47 Å². The van der Waals surface area contributed by atoms with E-state index in [0.29, 0.717) is 21.9 Å². The Kier molecular flexibility index (Phi) is 4.88. The van der Waals surface area contributed by atoms with E-state index in [0.717, 1.165) is 16.8 Å². The number of hydrogen-bond donors (Lipinski definition) is 0. The molecule has 0 fully saturated rings. The smallest absolute Gasteiger partial charge is 0.283 e. The van der Waals surface area contributed by atoms with Crippen molar-refractivity contribution in [2.45, 2.75) is 13.5 Å². The molecule has 0 saturated carbocycles. The van der Waals surface area contributed by atoms with E-state index in [-0.39, 0.29) is 5.91 Å². The van der Waals surface area contributed by atoms with E-state index in [1.165, 1.54) is 29.2 Å². The fourth-order valence-electron chi connectivity index (χ4n) is 3.31. The lowest BCUT2D eigenvalue weighted by Gasteiger charge is -2.07. The molecular weight excluding hydrogens is 372 g/mol. The van der Waals surface area contributed by atoms with Crippen LogP contribution >= 0.6 is 11.3 Å². The average molecular weight is 392 g/mol. The van der Waals surface area contributed by atoms with Gasteiger partial charge >= 0.3 is 0 Å². The van der Waals surface area contributed by atoms with E-state index < -0.39 is 0 Å². The van der Waals surface area contributed by atoms with E-state index in [1.54, 1.807) is 25.3 Å². The Morgan fingerprint density at radius 2 is 1.89 bits per heavy atom. The third-order valence-electron chi connectivity index (χ3n) is 4.73. The van der Waals surface area contributed by atoms with Crippen LogP contribution in [0.5, 0.6) is 11.5 Å². The molecule has 0 aliphatic heterocycles. The van der Waals surface area contributed by atoms with Gasteiger partial charge in [0.25, 0.3) is 5.91 Å². The minimum Gasteiger partial charge on any atom is -0.497 e. The lowest BCUT2D eigenvalue weighted by atomic mass is 10.1. The molecule has 1 amide bonds. The standard InChI is InChI=1S/C22H20N2O3S/c1-4-24-18-12-9-14-7-5-6-8-16(14)20(18)28-22(24)23-21(25)17-11-10-15(26-2)13-19(17)27-3/h5-13H,4H2,1-3H3. The van der Waals surface area contributed by atoms with Gasteiger partial charge in [-0.3, -0.25) is 4.79 Å². The number of aryl methyl sites for hydroxylation is 1. The molecule has 0 N–H and O–H groups in total. The van der Waals surface area contributed by atoms with E-state index in [9.17, 15) is 4.79 Å². The van der Waals surface area contributed by atoms with E-state index in [2.05, 4.69) is 40.7 Å². The summed E-state index contributed by atoms with van der Waals surface area (Å²) in [6, 6.07) is 17.6. The number of carbonyl (C=O) groups is 1. The first-order chi connectivity index (χ1) is 13.7. The predicted molar refractivity (Wildman–Crippen MR) is 112 cm³/mol. The van der Waals surface area contributed by atoms with E-state index in [1.807, 2.05) is 12.1 Å². The number of aromatic nitrogens is 1. The average Bonchev–Trinajstić information content (AvgIpc) is 3.10.